The van der Waals surface area contributed by atoms with Gasteiger partial charge in [0, 0.05) is 5.92 Å². The third-order valence-electron chi connectivity index (χ3n) is 1.68. The van der Waals surface area contributed by atoms with Gasteiger partial charge in [-0.1, -0.05) is 13.8 Å². The van der Waals surface area contributed by atoms with E-state index >= 15 is 0 Å². The zero-order valence-corrected chi connectivity index (χ0v) is 8.52. The summed E-state index contributed by atoms with van der Waals surface area (Å²) in [6.07, 6.45) is -4.19. The van der Waals surface area contributed by atoms with Crippen molar-refractivity contribution in [1.82, 2.24) is 20.5 Å². The van der Waals surface area contributed by atoms with Crippen LogP contribution in [0.4, 0.5) is 13.2 Å². The van der Waals surface area contributed by atoms with Crippen molar-refractivity contribution in [3.8, 4) is 0 Å². The Morgan fingerprint density at radius 3 is 2.53 bits per heavy atom. The van der Waals surface area contributed by atoms with Crippen molar-refractivity contribution in [2.45, 2.75) is 32.5 Å². The second-order valence-corrected chi connectivity index (χ2v) is 3.51. The number of H-pyrrole nitrogens is 1. The van der Waals surface area contributed by atoms with Crippen molar-refractivity contribution in [3.63, 3.8) is 0 Å². The Bertz CT molecular complexity index is 305. The van der Waals surface area contributed by atoms with Crippen molar-refractivity contribution < 1.29 is 13.2 Å². The van der Waals surface area contributed by atoms with Crippen molar-refractivity contribution in [1.29, 1.82) is 0 Å². The number of nitrogens with one attached hydrogen (secondary N) is 2. The van der Waals surface area contributed by atoms with Crippen LogP contribution >= 0.6 is 0 Å². The molecule has 15 heavy (non-hydrogen) atoms. The summed E-state index contributed by atoms with van der Waals surface area (Å²) in [4.78, 5) is 4.03. The van der Waals surface area contributed by atoms with Gasteiger partial charge in [-0.2, -0.15) is 18.3 Å². The molecule has 1 aromatic rings. The molecule has 1 rings (SSSR count). The number of halogens is 3. The fraction of sp³-hybridized carbons (Fsp3) is 0.750. The molecular weight excluding hydrogens is 209 g/mol. The topological polar surface area (TPSA) is 53.6 Å². The Labute approximate surface area is 85.3 Å². The monoisotopic (exact) mass is 222 g/mol. The third kappa shape index (κ3) is 4.28. The largest absolute Gasteiger partial charge is 0.401 e. The van der Waals surface area contributed by atoms with Crippen LogP contribution in [0.2, 0.25) is 0 Å². The highest BCUT2D eigenvalue weighted by Gasteiger charge is 2.26. The first-order valence-corrected chi connectivity index (χ1v) is 4.57. The normalized spacial score (nSPS) is 12.4. The zero-order chi connectivity index (χ0) is 11.5. The predicted octanol–water partition coefficient (Wildman–Crippen LogP) is 1.58. The summed E-state index contributed by atoms with van der Waals surface area (Å²) < 4.78 is 35.3. The van der Waals surface area contributed by atoms with E-state index in [0.717, 1.165) is 0 Å². The molecule has 1 aromatic heterocycles. The summed E-state index contributed by atoms with van der Waals surface area (Å²) in [5.41, 5.74) is 0. The van der Waals surface area contributed by atoms with Gasteiger partial charge in [-0.15, -0.1) is 0 Å². The number of aromatic nitrogens is 3. The summed E-state index contributed by atoms with van der Waals surface area (Å²) in [5, 5.41) is 8.69. The van der Waals surface area contributed by atoms with E-state index in [-0.39, 0.29) is 12.5 Å². The highest BCUT2D eigenvalue weighted by molar-refractivity contribution is 4.94. The van der Waals surface area contributed by atoms with Crippen LogP contribution in [-0.2, 0) is 6.54 Å². The highest BCUT2D eigenvalue weighted by atomic mass is 19.4. The first-order valence-electron chi connectivity index (χ1n) is 4.57. The summed E-state index contributed by atoms with van der Waals surface area (Å²) in [6, 6.07) is 0. The molecular formula is C8H13F3N4. The lowest BCUT2D eigenvalue weighted by molar-refractivity contribution is -0.125. The Hall–Kier alpha value is -1.11. The van der Waals surface area contributed by atoms with Crippen molar-refractivity contribution in [2.24, 2.45) is 0 Å². The van der Waals surface area contributed by atoms with Gasteiger partial charge < -0.3 is 5.32 Å². The second-order valence-electron chi connectivity index (χ2n) is 3.51. The first kappa shape index (κ1) is 12.0. The van der Waals surface area contributed by atoms with E-state index in [1.807, 2.05) is 13.8 Å². The maximum Gasteiger partial charge on any atom is 0.401 e. The van der Waals surface area contributed by atoms with Crippen molar-refractivity contribution in [2.75, 3.05) is 6.54 Å². The van der Waals surface area contributed by atoms with E-state index in [4.69, 9.17) is 0 Å². The maximum absolute atomic E-state index is 11.8. The Kier molecular flexibility index (Phi) is 3.67. The van der Waals surface area contributed by atoms with Gasteiger partial charge in [0.1, 0.15) is 5.82 Å². The van der Waals surface area contributed by atoms with Crippen LogP contribution in [0.15, 0.2) is 0 Å². The van der Waals surface area contributed by atoms with Gasteiger partial charge >= 0.3 is 6.18 Å². The Balaban J connectivity index is 2.38. The lowest BCUT2D eigenvalue weighted by atomic mass is 10.2. The second kappa shape index (κ2) is 4.61. The minimum atomic E-state index is -4.19. The van der Waals surface area contributed by atoms with E-state index < -0.39 is 12.7 Å². The quantitative estimate of drug-likeness (QED) is 0.813. The molecule has 86 valence electrons. The molecule has 0 aliphatic rings. The minimum absolute atomic E-state index is 0.0409. The molecule has 0 aliphatic heterocycles. The van der Waals surface area contributed by atoms with E-state index in [9.17, 15) is 13.2 Å². The van der Waals surface area contributed by atoms with Crippen LogP contribution in [0.5, 0.6) is 0 Å². The number of nitrogens with zero attached hydrogens (tertiary/aromatic N) is 2. The molecule has 0 saturated heterocycles. The van der Waals surface area contributed by atoms with E-state index in [2.05, 4.69) is 20.5 Å². The molecule has 0 aliphatic carbocycles. The van der Waals surface area contributed by atoms with E-state index in [0.29, 0.717) is 11.6 Å². The first-order chi connectivity index (χ1) is 6.88. The molecule has 0 amide bonds. The number of rotatable bonds is 4. The molecule has 0 bridgehead atoms. The number of hydrogen-bond donors (Lipinski definition) is 2. The molecule has 0 fully saturated rings. The van der Waals surface area contributed by atoms with Crippen LogP contribution in [-0.4, -0.2) is 27.9 Å². The van der Waals surface area contributed by atoms with Gasteiger partial charge in [-0.3, -0.25) is 5.10 Å². The van der Waals surface area contributed by atoms with Gasteiger partial charge in [0.15, 0.2) is 5.82 Å². The van der Waals surface area contributed by atoms with Crippen molar-refractivity contribution in [3.05, 3.63) is 11.6 Å². The average Bonchev–Trinajstić information content (AvgIpc) is 2.50. The van der Waals surface area contributed by atoms with E-state index in [1.165, 1.54) is 0 Å². The fourth-order valence-corrected chi connectivity index (χ4v) is 0.970. The summed E-state index contributed by atoms with van der Waals surface area (Å²) in [6.45, 7) is 2.84. The molecule has 7 heteroatoms. The highest BCUT2D eigenvalue weighted by Crippen LogP contribution is 2.12. The smallest absolute Gasteiger partial charge is 0.302 e. The van der Waals surface area contributed by atoms with Crippen LogP contribution in [0.1, 0.15) is 31.4 Å². The molecule has 0 radical (unpaired) electrons. The van der Waals surface area contributed by atoms with Crippen LogP contribution < -0.4 is 5.32 Å². The Morgan fingerprint density at radius 2 is 2.07 bits per heavy atom. The summed E-state index contributed by atoms with van der Waals surface area (Å²) in [5.74, 6) is 1.19. The minimum Gasteiger partial charge on any atom is -0.302 e. The van der Waals surface area contributed by atoms with Gasteiger partial charge in [-0.05, 0) is 0 Å². The summed E-state index contributed by atoms with van der Waals surface area (Å²) >= 11 is 0. The van der Waals surface area contributed by atoms with Gasteiger partial charge in [-0.25, -0.2) is 4.98 Å². The lowest BCUT2D eigenvalue weighted by Gasteiger charge is -2.05. The van der Waals surface area contributed by atoms with Crippen LogP contribution in [0.3, 0.4) is 0 Å². The molecule has 4 nitrogen and oxygen atoms in total. The van der Waals surface area contributed by atoms with Crippen LogP contribution in [0, 0.1) is 0 Å². The number of hydrogen-bond acceptors (Lipinski definition) is 3. The summed E-state index contributed by atoms with van der Waals surface area (Å²) in [7, 11) is 0. The molecule has 0 unspecified atom stereocenters. The Morgan fingerprint density at radius 1 is 1.40 bits per heavy atom. The number of alkyl halides is 3. The average molecular weight is 222 g/mol. The van der Waals surface area contributed by atoms with Gasteiger partial charge in [0.05, 0.1) is 13.1 Å². The number of aromatic amines is 1. The standard InChI is InChI=1S/C8H13F3N4/c1-5(2)7-13-6(14-15-7)3-12-4-8(9,10)11/h5,12H,3-4H2,1-2H3,(H,13,14,15). The molecule has 0 aromatic carbocycles. The molecule has 1 heterocycles. The lowest BCUT2D eigenvalue weighted by Crippen LogP contribution is -2.28. The zero-order valence-electron chi connectivity index (χ0n) is 8.52. The maximum atomic E-state index is 11.8. The predicted molar refractivity (Wildman–Crippen MR) is 48.2 cm³/mol. The fourth-order valence-electron chi connectivity index (χ4n) is 0.970. The SMILES string of the molecule is CC(C)c1n[nH]c(CNCC(F)(F)F)n1. The van der Waals surface area contributed by atoms with Gasteiger partial charge in [0.25, 0.3) is 0 Å². The third-order valence-corrected chi connectivity index (χ3v) is 1.68. The molecule has 0 spiro atoms. The van der Waals surface area contributed by atoms with Crippen LogP contribution in [0.25, 0.3) is 0 Å². The van der Waals surface area contributed by atoms with Crippen molar-refractivity contribution >= 4 is 0 Å². The molecule has 0 atom stereocenters. The van der Waals surface area contributed by atoms with E-state index in [1.54, 1.807) is 0 Å². The molecule has 2 N–H and O–H groups in total. The molecule has 0 saturated carbocycles. The van der Waals surface area contributed by atoms with Gasteiger partial charge in [0.2, 0.25) is 0 Å².